The number of benzene rings is 2. The van der Waals surface area contributed by atoms with Gasteiger partial charge >= 0.3 is 0 Å². The highest BCUT2D eigenvalue weighted by Crippen LogP contribution is 2.30. The lowest BCUT2D eigenvalue weighted by molar-refractivity contribution is -0.112. The van der Waals surface area contributed by atoms with Crippen LogP contribution in [0.5, 0.6) is 0 Å². The number of carbonyl (C=O) groups excluding carboxylic acids is 1. The van der Waals surface area contributed by atoms with Gasteiger partial charge in [0.15, 0.2) is 5.09 Å². The van der Waals surface area contributed by atoms with Crippen molar-refractivity contribution in [3.05, 3.63) is 82.0 Å². The highest BCUT2D eigenvalue weighted by atomic mass is 35.5. The third-order valence-corrected chi connectivity index (χ3v) is 4.78. The molecule has 1 amide bonds. The number of nitrogens with zero attached hydrogens (tertiary/aromatic N) is 1. The van der Waals surface area contributed by atoms with Crippen molar-refractivity contribution >= 4 is 52.6 Å². The fraction of sp³-hybridized carbons (Fsp3) is 0. The van der Waals surface area contributed by atoms with E-state index in [4.69, 9.17) is 27.6 Å². The van der Waals surface area contributed by atoms with Crippen molar-refractivity contribution in [3.8, 4) is 6.07 Å². The fourth-order valence-electron chi connectivity index (χ4n) is 2.14. The number of halogens is 2. The molecule has 1 aromatic heterocycles. The average molecular weight is 415 g/mol. The molecule has 3 aromatic rings. The van der Waals surface area contributed by atoms with Crippen molar-refractivity contribution in [3.63, 3.8) is 0 Å². The molecule has 0 saturated heterocycles. The zero-order chi connectivity index (χ0) is 19.2. The summed E-state index contributed by atoms with van der Waals surface area (Å²) in [5.41, 5.74) is 0.430. The van der Waals surface area contributed by atoms with E-state index in [1.54, 1.807) is 48.5 Å². The average Bonchev–Trinajstić information content (AvgIpc) is 3.08. The third kappa shape index (κ3) is 5.41. The second kappa shape index (κ2) is 8.83. The Kier molecular flexibility index (Phi) is 6.25. The van der Waals surface area contributed by atoms with Crippen molar-refractivity contribution in [2.75, 3.05) is 5.32 Å². The van der Waals surface area contributed by atoms with Crippen LogP contribution in [0.2, 0.25) is 10.0 Å². The predicted molar refractivity (Wildman–Crippen MR) is 108 cm³/mol. The van der Waals surface area contributed by atoms with Crippen molar-refractivity contribution < 1.29 is 9.21 Å². The summed E-state index contributed by atoms with van der Waals surface area (Å²) in [5.74, 6) is -0.132. The number of carbonyl (C=O) groups is 1. The first-order valence-electron chi connectivity index (χ1n) is 7.75. The monoisotopic (exact) mass is 414 g/mol. The molecular weight excluding hydrogens is 403 g/mol. The number of hydrogen-bond donors (Lipinski definition) is 1. The summed E-state index contributed by atoms with van der Waals surface area (Å²) in [7, 11) is 0. The topological polar surface area (TPSA) is 66.0 Å². The van der Waals surface area contributed by atoms with E-state index < -0.39 is 5.91 Å². The number of furan rings is 1. The molecule has 0 spiro atoms. The lowest BCUT2D eigenvalue weighted by Crippen LogP contribution is -2.13. The van der Waals surface area contributed by atoms with Gasteiger partial charge in [-0.2, -0.15) is 5.26 Å². The molecule has 0 atom stereocenters. The number of nitrogens with one attached hydrogen (secondary N) is 1. The highest BCUT2D eigenvalue weighted by molar-refractivity contribution is 7.99. The van der Waals surface area contributed by atoms with Crippen molar-refractivity contribution in [1.29, 1.82) is 5.26 Å². The van der Waals surface area contributed by atoms with Gasteiger partial charge in [-0.25, -0.2) is 0 Å². The van der Waals surface area contributed by atoms with Crippen molar-refractivity contribution in [2.45, 2.75) is 9.99 Å². The van der Waals surface area contributed by atoms with Gasteiger partial charge < -0.3 is 9.73 Å². The molecule has 0 unspecified atom stereocenters. The van der Waals surface area contributed by atoms with Gasteiger partial charge in [0, 0.05) is 26.7 Å². The molecule has 1 heterocycles. The smallest absolute Gasteiger partial charge is 0.266 e. The van der Waals surface area contributed by atoms with Crippen LogP contribution < -0.4 is 5.32 Å². The first-order valence-corrected chi connectivity index (χ1v) is 9.33. The largest absolute Gasteiger partial charge is 0.450 e. The van der Waals surface area contributed by atoms with Gasteiger partial charge in [-0.05, 0) is 54.6 Å². The molecule has 7 heteroatoms. The van der Waals surface area contributed by atoms with Crippen LogP contribution in [0.1, 0.15) is 5.76 Å². The predicted octanol–water partition coefficient (Wildman–Crippen LogP) is 6.28. The van der Waals surface area contributed by atoms with E-state index in [9.17, 15) is 10.1 Å². The van der Waals surface area contributed by atoms with Crippen LogP contribution in [0.4, 0.5) is 5.69 Å². The van der Waals surface area contributed by atoms with Crippen LogP contribution in [0.25, 0.3) is 6.08 Å². The minimum atomic E-state index is -0.539. The molecule has 3 rings (SSSR count). The molecule has 27 heavy (non-hydrogen) atoms. The van der Waals surface area contributed by atoms with E-state index >= 15 is 0 Å². The van der Waals surface area contributed by atoms with Crippen LogP contribution in [-0.2, 0) is 4.79 Å². The molecule has 2 aromatic carbocycles. The maximum absolute atomic E-state index is 12.3. The molecule has 0 fully saturated rings. The van der Waals surface area contributed by atoms with Gasteiger partial charge in [-0.1, -0.05) is 41.0 Å². The van der Waals surface area contributed by atoms with Gasteiger partial charge in [0.1, 0.15) is 17.4 Å². The van der Waals surface area contributed by atoms with Crippen molar-refractivity contribution in [1.82, 2.24) is 0 Å². The van der Waals surface area contributed by atoms with Gasteiger partial charge in [0.2, 0.25) is 0 Å². The summed E-state index contributed by atoms with van der Waals surface area (Å²) in [6.07, 6.45) is 1.39. The summed E-state index contributed by atoms with van der Waals surface area (Å²) in [4.78, 5) is 13.2. The van der Waals surface area contributed by atoms with Gasteiger partial charge in [-0.3, -0.25) is 4.79 Å². The molecule has 0 aliphatic carbocycles. The Labute approximate surface area is 170 Å². The molecule has 0 aliphatic rings. The Bertz CT molecular complexity index is 1040. The molecular formula is C20H12Cl2N2O2S. The van der Waals surface area contributed by atoms with E-state index in [0.717, 1.165) is 4.90 Å². The summed E-state index contributed by atoms with van der Waals surface area (Å²) in [5, 5.41) is 13.7. The zero-order valence-electron chi connectivity index (χ0n) is 13.8. The van der Waals surface area contributed by atoms with Crippen molar-refractivity contribution in [2.24, 2.45) is 0 Å². The summed E-state index contributed by atoms with van der Waals surface area (Å²) < 4.78 is 5.67. The second-order valence-corrected chi connectivity index (χ2v) is 7.30. The van der Waals surface area contributed by atoms with Crippen LogP contribution in [0.15, 0.2) is 80.6 Å². The van der Waals surface area contributed by atoms with E-state index in [0.29, 0.717) is 26.6 Å². The number of amides is 1. The van der Waals surface area contributed by atoms with Crippen LogP contribution >= 0.6 is 35.0 Å². The summed E-state index contributed by atoms with van der Waals surface area (Å²) >= 11 is 13.2. The Morgan fingerprint density at radius 1 is 1.07 bits per heavy atom. The SMILES string of the molecule is N#CC(=Cc1ccc(Sc2ccc(Cl)cc2)o1)C(=O)Nc1cccc(Cl)c1. The van der Waals surface area contributed by atoms with Crippen LogP contribution in [-0.4, -0.2) is 5.91 Å². The van der Waals surface area contributed by atoms with E-state index in [-0.39, 0.29) is 5.57 Å². The number of anilines is 1. The molecule has 0 aliphatic heterocycles. The van der Waals surface area contributed by atoms with Gasteiger partial charge in [-0.15, -0.1) is 0 Å². The summed E-state index contributed by atoms with van der Waals surface area (Å²) in [6, 6.07) is 19.4. The Hall–Kier alpha value is -2.65. The zero-order valence-corrected chi connectivity index (χ0v) is 16.1. The molecule has 1 N–H and O–H groups in total. The lowest BCUT2D eigenvalue weighted by Gasteiger charge is -2.04. The second-order valence-electron chi connectivity index (χ2n) is 5.35. The lowest BCUT2D eigenvalue weighted by atomic mass is 10.2. The van der Waals surface area contributed by atoms with E-state index in [2.05, 4.69) is 5.32 Å². The number of rotatable bonds is 5. The molecule has 0 radical (unpaired) electrons. The normalized spacial score (nSPS) is 11.1. The van der Waals surface area contributed by atoms with Gasteiger partial charge in [0.05, 0.1) is 0 Å². The van der Waals surface area contributed by atoms with E-state index in [1.807, 2.05) is 18.2 Å². The van der Waals surface area contributed by atoms with Crippen LogP contribution in [0.3, 0.4) is 0 Å². The molecule has 134 valence electrons. The third-order valence-electron chi connectivity index (χ3n) is 3.37. The fourth-order valence-corrected chi connectivity index (χ4v) is 3.24. The Balaban J connectivity index is 1.72. The first-order chi connectivity index (χ1) is 13.0. The highest BCUT2D eigenvalue weighted by Gasteiger charge is 2.11. The number of nitriles is 1. The maximum Gasteiger partial charge on any atom is 0.266 e. The van der Waals surface area contributed by atoms with Crippen LogP contribution in [0, 0.1) is 11.3 Å². The van der Waals surface area contributed by atoms with Gasteiger partial charge in [0.25, 0.3) is 5.91 Å². The quantitative estimate of drug-likeness (QED) is 0.393. The molecule has 0 bridgehead atoms. The van der Waals surface area contributed by atoms with E-state index in [1.165, 1.54) is 17.8 Å². The maximum atomic E-state index is 12.3. The summed E-state index contributed by atoms with van der Waals surface area (Å²) in [6.45, 7) is 0. The Morgan fingerprint density at radius 2 is 1.85 bits per heavy atom. The molecule has 0 saturated carbocycles. The number of hydrogen-bond acceptors (Lipinski definition) is 4. The minimum Gasteiger partial charge on any atom is -0.450 e. The minimum absolute atomic E-state index is 0.0765. The Morgan fingerprint density at radius 3 is 2.56 bits per heavy atom. The first kappa shape index (κ1) is 19.1. The molecule has 4 nitrogen and oxygen atoms in total. The standard InChI is InChI=1S/C20H12Cl2N2O2S/c21-14-4-7-18(8-5-14)27-19-9-6-17(26-19)10-13(12-23)20(25)24-16-3-1-2-15(22)11-16/h1-11H,(H,24,25).